The van der Waals surface area contributed by atoms with E-state index in [2.05, 4.69) is 6.92 Å². The first-order chi connectivity index (χ1) is 10.8. The van der Waals surface area contributed by atoms with Crippen LogP contribution < -0.4 is 5.73 Å². The minimum absolute atomic E-state index is 0.155. The van der Waals surface area contributed by atoms with Crippen LogP contribution in [0.15, 0.2) is 0 Å². The molecule has 0 heterocycles. The molecule has 0 aromatic carbocycles. The maximum Gasteiger partial charge on any atom is 0.217 e. The first-order valence-corrected chi connectivity index (χ1v) is 10.1. The summed E-state index contributed by atoms with van der Waals surface area (Å²) < 4.78 is 0. The summed E-state index contributed by atoms with van der Waals surface area (Å²) in [6, 6.07) is 0. The van der Waals surface area contributed by atoms with Crippen molar-refractivity contribution >= 4 is 5.91 Å². The van der Waals surface area contributed by atoms with Crippen molar-refractivity contribution in [1.82, 2.24) is 0 Å². The van der Waals surface area contributed by atoms with Gasteiger partial charge < -0.3 is 5.73 Å². The van der Waals surface area contributed by atoms with Gasteiger partial charge in [0.15, 0.2) is 0 Å². The van der Waals surface area contributed by atoms with Gasteiger partial charge in [-0.2, -0.15) is 0 Å². The van der Waals surface area contributed by atoms with Crippen molar-refractivity contribution in [1.29, 1.82) is 0 Å². The summed E-state index contributed by atoms with van der Waals surface area (Å²) in [5.41, 5.74) is 5.09. The lowest BCUT2D eigenvalue weighted by Crippen LogP contribution is -2.09. The lowest BCUT2D eigenvalue weighted by Gasteiger charge is -2.02. The van der Waals surface area contributed by atoms with Crippen LogP contribution in [0.3, 0.4) is 0 Å². The lowest BCUT2D eigenvalue weighted by molar-refractivity contribution is -0.118. The third-order valence-corrected chi connectivity index (χ3v) is 3.53. The molecule has 0 atom stereocenters. The van der Waals surface area contributed by atoms with E-state index >= 15 is 0 Å². The Balaban J connectivity index is -0.000000826. The van der Waals surface area contributed by atoms with Crippen molar-refractivity contribution < 1.29 is 4.79 Å². The third-order valence-electron chi connectivity index (χ3n) is 3.53. The summed E-state index contributed by atoms with van der Waals surface area (Å²) in [6.45, 7) is 10.3. The number of carbonyl (C=O) groups excluding carboxylic acids is 1. The van der Waals surface area contributed by atoms with Crippen LogP contribution in [0.1, 0.15) is 125 Å². The molecule has 0 unspecified atom stereocenters. The average molecular weight is 316 g/mol. The zero-order valence-corrected chi connectivity index (χ0v) is 16.4. The fourth-order valence-corrected chi connectivity index (χ4v) is 2.32. The van der Waals surface area contributed by atoms with Crippen molar-refractivity contribution in [2.45, 2.75) is 125 Å². The Bertz CT molecular complexity index is 181. The number of unbranched alkanes of at least 4 members (excludes halogenated alkanes) is 12. The number of hydrogen-bond donors (Lipinski definition) is 1. The molecule has 0 aliphatic rings. The smallest absolute Gasteiger partial charge is 0.217 e. The Labute approximate surface area is 141 Å². The highest BCUT2D eigenvalue weighted by Crippen LogP contribution is 2.12. The second-order valence-corrected chi connectivity index (χ2v) is 5.46. The van der Waals surface area contributed by atoms with Gasteiger partial charge in [-0.1, -0.05) is 112 Å². The molecule has 0 bridgehead atoms. The zero-order chi connectivity index (χ0) is 17.5. The summed E-state index contributed by atoms with van der Waals surface area (Å²) in [5.74, 6) is -0.155. The van der Waals surface area contributed by atoms with Crippen molar-refractivity contribution in [2.24, 2.45) is 5.73 Å². The molecule has 2 nitrogen and oxygen atoms in total. The summed E-state index contributed by atoms with van der Waals surface area (Å²) in [5, 5.41) is 0. The fraction of sp³-hybridized carbons (Fsp3) is 0.950. The first kappa shape index (κ1) is 26.4. The molecule has 0 rings (SSSR count). The minimum Gasteiger partial charge on any atom is -0.370 e. The second-order valence-electron chi connectivity index (χ2n) is 5.46. The monoisotopic (exact) mass is 315 g/mol. The molecule has 0 aromatic heterocycles. The molecule has 1 amide bonds. The first-order valence-electron chi connectivity index (χ1n) is 10.1. The normalized spacial score (nSPS) is 9.32. The predicted octanol–water partition coefficient (Wildman–Crippen LogP) is 7.01. The van der Waals surface area contributed by atoms with Crippen LogP contribution in [0.5, 0.6) is 0 Å². The van der Waals surface area contributed by atoms with Gasteiger partial charge in [-0.15, -0.1) is 0 Å². The molecule has 0 radical (unpaired) electrons. The van der Waals surface area contributed by atoms with Gasteiger partial charge in [-0.3, -0.25) is 4.79 Å². The highest BCUT2D eigenvalue weighted by Gasteiger charge is 1.95. The van der Waals surface area contributed by atoms with Crippen LogP contribution in [0.2, 0.25) is 0 Å². The Morgan fingerprint density at radius 2 is 0.864 bits per heavy atom. The Morgan fingerprint density at radius 3 is 1.14 bits per heavy atom. The summed E-state index contributed by atoms with van der Waals surface area (Å²) in [6.07, 6.45) is 17.9. The predicted molar refractivity (Wildman–Crippen MR) is 102 cm³/mol. The highest BCUT2D eigenvalue weighted by molar-refractivity contribution is 5.73. The van der Waals surface area contributed by atoms with Gasteiger partial charge in [0.05, 0.1) is 0 Å². The molecule has 0 aliphatic carbocycles. The SMILES string of the molecule is CC.CC.CCCCCCCCCCCCCCCC(N)=O. The van der Waals surface area contributed by atoms with E-state index < -0.39 is 0 Å². The van der Waals surface area contributed by atoms with E-state index in [1.807, 2.05) is 27.7 Å². The number of primary amides is 1. The Morgan fingerprint density at radius 1 is 0.591 bits per heavy atom. The number of rotatable bonds is 14. The highest BCUT2D eigenvalue weighted by atomic mass is 16.1. The number of amides is 1. The number of nitrogens with two attached hydrogens (primary N) is 1. The maximum atomic E-state index is 10.5. The van der Waals surface area contributed by atoms with E-state index in [0.717, 1.165) is 6.42 Å². The van der Waals surface area contributed by atoms with E-state index in [9.17, 15) is 4.79 Å². The van der Waals surface area contributed by atoms with E-state index in [-0.39, 0.29) is 5.91 Å². The third kappa shape index (κ3) is 31.7. The van der Waals surface area contributed by atoms with Gasteiger partial charge in [-0.05, 0) is 6.42 Å². The van der Waals surface area contributed by atoms with Crippen LogP contribution in [0.25, 0.3) is 0 Å². The fourth-order valence-electron chi connectivity index (χ4n) is 2.32. The molecular weight excluding hydrogens is 270 g/mol. The van der Waals surface area contributed by atoms with Crippen molar-refractivity contribution in [2.75, 3.05) is 0 Å². The molecule has 0 aromatic rings. The molecule has 0 aliphatic heterocycles. The van der Waals surface area contributed by atoms with Crippen LogP contribution in [0, 0.1) is 0 Å². The van der Waals surface area contributed by atoms with Crippen molar-refractivity contribution in [3.05, 3.63) is 0 Å². The quantitative estimate of drug-likeness (QED) is 0.344. The van der Waals surface area contributed by atoms with Crippen molar-refractivity contribution in [3.63, 3.8) is 0 Å². The summed E-state index contributed by atoms with van der Waals surface area (Å²) >= 11 is 0. The van der Waals surface area contributed by atoms with Gasteiger partial charge in [-0.25, -0.2) is 0 Å². The number of hydrogen-bond acceptors (Lipinski definition) is 1. The van der Waals surface area contributed by atoms with Crippen LogP contribution >= 0.6 is 0 Å². The standard InChI is InChI=1S/C16H33NO.2C2H6/c1-2-3-4-5-6-7-8-9-10-11-12-13-14-15-16(17)18;2*1-2/h2-15H2,1H3,(H2,17,18);2*1-2H3. The van der Waals surface area contributed by atoms with Crippen LogP contribution in [0.4, 0.5) is 0 Å². The maximum absolute atomic E-state index is 10.5. The van der Waals surface area contributed by atoms with Gasteiger partial charge in [0, 0.05) is 6.42 Å². The van der Waals surface area contributed by atoms with Crippen molar-refractivity contribution in [3.8, 4) is 0 Å². The summed E-state index contributed by atoms with van der Waals surface area (Å²) in [4.78, 5) is 10.5. The van der Waals surface area contributed by atoms with Gasteiger partial charge in [0.2, 0.25) is 5.91 Å². The van der Waals surface area contributed by atoms with E-state index in [4.69, 9.17) is 5.73 Å². The largest absolute Gasteiger partial charge is 0.370 e. The van der Waals surface area contributed by atoms with E-state index in [1.165, 1.54) is 77.0 Å². The topological polar surface area (TPSA) is 43.1 Å². The summed E-state index contributed by atoms with van der Waals surface area (Å²) in [7, 11) is 0. The molecule has 2 N–H and O–H groups in total. The molecule has 2 heteroatoms. The van der Waals surface area contributed by atoms with Gasteiger partial charge in [0.1, 0.15) is 0 Å². The van der Waals surface area contributed by atoms with E-state index in [1.54, 1.807) is 0 Å². The molecule has 136 valence electrons. The molecular formula is C20H45NO. The lowest BCUT2D eigenvalue weighted by atomic mass is 10.0. The van der Waals surface area contributed by atoms with Crippen LogP contribution in [-0.2, 0) is 4.79 Å². The van der Waals surface area contributed by atoms with Crippen LogP contribution in [-0.4, -0.2) is 5.91 Å². The zero-order valence-electron chi connectivity index (χ0n) is 16.4. The van der Waals surface area contributed by atoms with Gasteiger partial charge in [0.25, 0.3) is 0 Å². The molecule has 0 saturated heterocycles. The van der Waals surface area contributed by atoms with E-state index in [0.29, 0.717) is 6.42 Å². The Kier molecular flexibility index (Phi) is 34.3. The molecule has 0 fully saturated rings. The second kappa shape index (κ2) is 28.6. The minimum atomic E-state index is -0.155. The van der Waals surface area contributed by atoms with Gasteiger partial charge >= 0.3 is 0 Å². The Hall–Kier alpha value is -0.530. The number of carbonyl (C=O) groups is 1. The molecule has 22 heavy (non-hydrogen) atoms. The molecule has 0 spiro atoms. The molecule has 0 saturated carbocycles. The average Bonchev–Trinajstić information content (AvgIpc) is 2.55.